The summed E-state index contributed by atoms with van der Waals surface area (Å²) in [6.45, 7) is 24.5. The quantitative estimate of drug-likeness (QED) is 0.123. The standard InChI is InChI=1S/C22H25.C20H20Br.C2H6Si.2ClH.Zr/c1-15(2)18-13-17-7-6-8-20(21(17)14-18)16-9-11-19(12-10-16)22(3,4)5;1-13-11-17-16(9-10-19(21)18(17)12-13)14-5-7-15(8-6-14)20(2,3)4;1-3-2;;;/h6-15H,1-5H3;5-12H,1-4H3;1-2H3;2*1H;/q2*-1;;;;+4/p-2. The first-order valence-electron chi connectivity index (χ1n) is 16.9. The summed E-state index contributed by atoms with van der Waals surface area (Å²) in [4.78, 5) is 0. The Morgan fingerprint density at radius 2 is 1.14 bits per heavy atom. The first-order valence-corrected chi connectivity index (χ1v) is 26.0. The van der Waals surface area contributed by atoms with E-state index < -0.39 is 20.8 Å². The normalized spacial score (nSPS) is 11.2. The summed E-state index contributed by atoms with van der Waals surface area (Å²) in [6, 6.07) is 38.2. The van der Waals surface area contributed by atoms with E-state index in [4.69, 9.17) is 17.0 Å². The summed E-state index contributed by atoms with van der Waals surface area (Å²) in [5, 5.41) is 5.34. The summed E-state index contributed by atoms with van der Waals surface area (Å²) in [5.74, 6) is 0.573. The first kappa shape index (κ1) is 41.7. The van der Waals surface area contributed by atoms with Crippen LogP contribution >= 0.6 is 33.0 Å². The molecule has 0 nitrogen and oxygen atoms in total. The van der Waals surface area contributed by atoms with Crippen LogP contribution in [0.4, 0.5) is 0 Å². The van der Waals surface area contributed by atoms with Crippen molar-refractivity contribution in [2.24, 2.45) is 0 Å². The van der Waals surface area contributed by atoms with Crippen LogP contribution in [0.5, 0.6) is 0 Å². The molecule has 0 unspecified atom stereocenters. The molecule has 49 heavy (non-hydrogen) atoms. The average Bonchev–Trinajstić information content (AvgIpc) is 3.66. The Labute approximate surface area is 326 Å². The van der Waals surface area contributed by atoms with E-state index in [1.165, 1.54) is 70.5 Å². The van der Waals surface area contributed by atoms with E-state index in [0.29, 0.717) is 5.92 Å². The fourth-order valence-corrected chi connectivity index (χ4v) is 6.26. The number of rotatable bonds is 3. The van der Waals surface area contributed by atoms with Crippen molar-refractivity contribution in [3.05, 3.63) is 130 Å². The van der Waals surface area contributed by atoms with Crippen molar-refractivity contribution in [1.29, 1.82) is 0 Å². The van der Waals surface area contributed by atoms with E-state index in [-0.39, 0.29) is 10.8 Å². The number of hydrogen-bond acceptors (Lipinski definition) is 0. The summed E-state index contributed by atoms with van der Waals surface area (Å²) in [6.07, 6.45) is 0. The fourth-order valence-electron chi connectivity index (χ4n) is 5.80. The third-order valence-corrected chi connectivity index (χ3v) is 9.23. The Hall–Kier alpha value is -1.74. The van der Waals surface area contributed by atoms with Crippen LogP contribution in [0.2, 0.25) is 13.1 Å². The zero-order chi connectivity index (χ0) is 36.5. The second kappa shape index (κ2) is 18.7. The van der Waals surface area contributed by atoms with Crippen LogP contribution in [-0.2, 0) is 31.7 Å². The van der Waals surface area contributed by atoms with Crippen molar-refractivity contribution in [2.45, 2.75) is 92.2 Å². The van der Waals surface area contributed by atoms with Gasteiger partial charge in [-0.2, -0.15) is 12.1 Å². The molecule has 0 atom stereocenters. The number of aryl methyl sites for hydroxylation is 1. The van der Waals surface area contributed by atoms with E-state index in [0.717, 1.165) is 9.52 Å². The van der Waals surface area contributed by atoms with Crippen LogP contribution in [0.25, 0.3) is 43.8 Å². The van der Waals surface area contributed by atoms with Crippen LogP contribution in [0.1, 0.15) is 83.6 Å². The van der Waals surface area contributed by atoms with Gasteiger partial charge in [0.2, 0.25) is 0 Å². The molecule has 0 saturated heterocycles. The van der Waals surface area contributed by atoms with Gasteiger partial charge < -0.3 is 0 Å². The van der Waals surface area contributed by atoms with E-state index in [1.807, 2.05) is 0 Å². The van der Waals surface area contributed by atoms with E-state index in [9.17, 15) is 0 Å². The third kappa shape index (κ3) is 11.4. The van der Waals surface area contributed by atoms with Crippen LogP contribution < -0.4 is 0 Å². The molecule has 5 heteroatoms. The van der Waals surface area contributed by atoms with Gasteiger partial charge in [-0.05, 0) is 39.0 Å². The van der Waals surface area contributed by atoms with Crippen molar-refractivity contribution in [1.82, 2.24) is 0 Å². The molecule has 256 valence electrons. The van der Waals surface area contributed by atoms with Gasteiger partial charge in [-0.25, -0.2) is 0 Å². The van der Waals surface area contributed by atoms with E-state index in [1.54, 1.807) is 0 Å². The Morgan fingerprint density at radius 1 is 0.673 bits per heavy atom. The Balaban J connectivity index is 0.000000229. The molecule has 0 aliphatic carbocycles. The van der Waals surface area contributed by atoms with Crippen molar-refractivity contribution in [3.63, 3.8) is 0 Å². The molecule has 6 aromatic rings. The van der Waals surface area contributed by atoms with Gasteiger partial charge in [0.1, 0.15) is 0 Å². The second-order valence-electron chi connectivity index (χ2n) is 14.9. The number of halogens is 3. The van der Waals surface area contributed by atoms with E-state index in [2.05, 4.69) is 194 Å². The molecule has 6 rings (SSSR count). The van der Waals surface area contributed by atoms with E-state index >= 15 is 0 Å². The minimum absolute atomic E-state index is 0.199. The molecule has 2 radical (unpaired) electrons. The van der Waals surface area contributed by atoms with Crippen LogP contribution in [-0.4, -0.2) is 9.52 Å². The van der Waals surface area contributed by atoms with Gasteiger partial charge in [0.25, 0.3) is 0 Å². The predicted molar refractivity (Wildman–Crippen MR) is 223 cm³/mol. The van der Waals surface area contributed by atoms with Crippen molar-refractivity contribution >= 4 is 64.0 Å². The zero-order valence-electron chi connectivity index (χ0n) is 31.0. The Bertz CT molecular complexity index is 1900. The van der Waals surface area contributed by atoms with Crippen LogP contribution in [0.3, 0.4) is 0 Å². The van der Waals surface area contributed by atoms with Crippen LogP contribution in [0.15, 0.2) is 108 Å². The molecule has 0 spiro atoms. The molecule has 6 aromatic carbocycles. The number of hydrogen-bond donors (Lipinski definition) is 0. The molecule has 0 aliphatic rings. The van der Waals surface area contributed by atoms with Crippen molar-refractivity contribution in [2.75, 3.05) is 0 Å². The molecule has 0 aromatic heterocycles. The molecular formula is C44H51BrCl2SiZr. The summed E-state index contributed by atoms with van der Waals surface area (Å²) >= 11 is 2.83. The molecule has 0 heterocycles. The average molecular weight is 850 g/mol. The van der Waals surface area contributed by atoms with Gasteiger partial charge in [-0.1, -0.05) is 158 Å². The SMILES string of the molecule is CC(C)c1cc2c(-c3ccc(C(C)(C)C)cc3)cccc2[cH-]1.C[Si]C.Cc1cc2c(-c3ccc(C(C)(C)C)cc3)ccc(Br)c2[cH-]1.[Cl][Zr+2][Cl]. The Kier molecular flexibility index (Phi) is 15.9. The van der Waals surface area contributed by atoms with Gasteiger partial charge in [0.05, 0.1) is 0 Å². The maximum atomic E-state index is 4.93. The number of benzene rings is 4. The zero-order valence-corrected chi connectivity index (χ0v) is 37.6. The molecule has 0 aliphatic heterocycles. The van der Waals surface area contributed by atoms with Crippen molar-refractivity contribution < 1.29 is 20.8 Å². The maximum absolute atomic E-state index is 4.93. The number of fused-ring (bicyclic) bond motifs is 2. The topological polar surface area (TPSA) is 0 Å². The van der Waals surface area contributed by atoms with Gasteiger partial charge in [0, 0.05) is 9.52 Å². The van der Waals surface area contributed by atoms with Crippen molar-refractivity contribution in [3.8, 4) is 22.3 Å². The Morgan fingerprint density at radius 3 is 1.59 bits per heavy atom. The molecule has 0 amide bonds. The molecule has 0 saturated carbocycles. The van der Waals surface area contributed by atoms with Crippen LogP contribution in [0, 0.1) is 6.92 Å². The first-order chi connectivity index (χ1) is 23.0. The van der Waals surface area contributed by atoms with Gasteiger partial charge in [0.15, 0.2) is 0 Å². The molecule has 0 fully saturated rings. The van der Waals surface area contributed by atoms with Gasteiger partial charge >= 0.3 is 37.9 Å². The molecular weight excluding hydrogens is 799 g/mol. The summed E-state index contributed by atoms with van der Waals surface area (Å²) in [5.41, 5.74) is 11.1. The molecule has 0 bridgehead atoms. The fraction of sp³-hybridized carbons (Fsp3) is 0.318. The monoisotopic (exact) mass is 846 g/mol. The predicted octanol–water partition coefficient (Wildman–Crippen LogP) is 15.4. The summed E-state index contributed by atoms with van der Waals surface area (Å²) < 4.78 is 1.17. The third-order valence-electron chi connectivity index (χ3n) is 8.54. The van der Waals surface area contributed by atoms with Gasteiger partial charge in [-0.15, -0.1) is 72.9 Å². The summed E-state index contributed by atoms with van der Waals surface area (Å²) in [7, 11) is 11.0. The van der Waals surface area contributed by atoms with Gasteiger partial charge in [-0.3, -0.25) is 0 Å². The minimum atomic E-state index is -0.826. The molecule has 0 N–H and O–H groups in total. The second-order valence-corrected chi connectivity index (χ2v) is 20.5.